The highest BCUT2D eigenvalue weighted by molar-refractivity contribution is 7.78. The van der Waals surface area contributed by atoms with E-state index in [2.05, 4.69) is 53.7 Å². The Kier molecular flexibility index (Phi) is 10.7. The average Bonchev–Trinajstić information content (AvgIpc) is 2.73. The van der Waals surface area contributed by atoms with Gasteiger partial charge in [0.15, 0.2) is 0 Å². The van der Waals surface area contributed by atoms with Crippen molar-refractivity contribution in [1.29, 1.82) is 0 Å². The van der Waals surface area contributed by atoms with Crippen LogP contribution in [0.15, 0.2) is 38.2 Å². The lowest BCUT2D eigenvalue weighted by atomic mass is 9.83. The number of isothiocyanates is 3. The summed E-state index contributed by atoms with van der Waals surface area (Å²) in [7, 11) is -2.81. The number of hydrogen-bond acceptors (Lipinski definition) is 8. The van der Waals surface area contributed by atoms with Gasteiger partial charge in [-0.3, -0.25) is 0 Å². The Morgan fingerprint density at radius 3 is 2.07 bits per heavy atom. The molecule has 1 aliphatic carbocycles. The lowest BCUT2D eigenvalue weighted by Crippen LogP contribution is -2.28. The van der Waals surface area contributed by atoms with Gasteiger partial charge in [-0.15, -0.1) is 0 Å². The first-order valence-electron chi connectivity index (χ1n) is 9.77. The molecule has 1 aromatic carbocycles. The second kappa shape index (κ2) is 13.0. The molecule has 0 amide bonds. The summed E-state index contributed by atoms with van der Waals surface area (Å²) < 4.78 is 24.0. The minimum absolute atomic E-state index is 0.294. The van der Waals surface area contributed by atoms with Gasteiger partial charge in [0.05, 0.1) is 28.2 Å². The van der Waals surface area contributed by atoms with E-state index in [-0.39, 0.29) is 0 Å². The SMILES string of the molecule is CCOc1ccc([C@H]2CC[C@H](OCCC[Si](N=C=S)(N=C=S)N=C=S)CC2)cc1. The summed E-state index contributed by atoms with van der Waals surface area (Å²) in [5.41, 5.74) is 1.39. The predicted molar refractivity (Wildman–Crippen MR) is 129 cm³/mol. The van der Waals surface area contributed by atoms with E-state index in [1.807, 2.05) is 6.92 Å². The molecule has 5 nitrogen and oxygen atoms in total. The number of ether oxygens (including phenoxy) is 2. The van der Waals surface area contributed by atoms with Gasteiger partial charge in [0, 0.05) is 12.7 Å². The molecule has 0 heterocycles. The smallest absolute Gasteiger partial charge is 0.461 e. The summed E-state index contributed by atoms with van der Waals surface area (Å²) in [6.45, 7) is 3.32. The van der Waals surface area contributed by atoms with E-state index in [0.717, 1.165) is 37.9 Å². The summed E-state index contributed by atoms with van der Waals surface area (Å²) in [4.78, 5) is 0. The van der Waals surface area contributed by atoms with Crippen LogP contribution in [0.25, 0.3) is 0 Å². The molecule has 1 saturated carbocycles. The largest absolute Gasteiger partial charge is 0.494 e. The lowest BCUT2D eigenvalue weighted by Gasteiger charge is -2.29. The first kappa shape index (κ1) is 23.9. The molecule has 0 unspecified atom stereocenters. The minimum atomic E-state index is -2.81. The zero-order valence-electron chi connectivity index (χ0n) is 16.5. The standard InChI is InChI=1S/C20H25N3O2S3Si/c1-2-24-19-8-4-17(5-9-19)18-6-10-20(11-7-18)25-12-3-13-29(21-14-26,22-15-27)23-16-28/h4-5,8-9,18,20H,2-3,6-7,10-13H2,1H3/t18-,20-. The summed E-state index contributed by atoms with van der Waals surface area (Å²) in [5, 5.41) is 7.08. The summed E-state index contributed by atoms with van der Waals surface area (Å²) in [6, 6.07) is 9.10. The van der Waals surface area contributed by atoms with Crippen molar-refractivity contribution in [3.8, 4) is 5.75 Å². The van der Waals surface area contributed by atoms with Gasteiger partial charge in [-0.1, -0.05) is 12.1 Å². The van der Waals surface area contributed by atoms with Gasteiger partial charge in [-0.05, 0) is 99.3 Å². The van der Waals surface area contributed by atoms with E-state index in [1.54, 1.807) is 0 Å². The van der Waals surface area contributed by atoms with Crippen molar-refractivity contribution >= 4 is 60.7 Å². The Hall–Kier alpha value is -1.40. The van der Waals surface area contributed by atoms with Crippen molar-refractivity contribution in [1.82, 2.24) is 0 Å². The van der Waals surface area contributed by atoms with Crippen LogP contribution in [0, 0.1) is 0 Å². The third-order valence-corrected chi connectivity index (χ3v) is 8.22. The molecule has 0 bridgehead atoms. The predicted octanol–water partition coefficient (Wildman–Crippen LogP) is 5.77. The first-order valence-corrected chi connectivity index (χ1v) is 13.0. The Morgan fingerprint density at radius 2 is 1.55 bits per heavy atom. The van der Waals surface area contributed by atoms with Gasteiger partial charge >= 0.3 is 8.56 Å². The molecule has 0 aromatic heterocycles. The average molecular weight is 464 g/mol. The fourth-order valence-corrected chi connectivity index (χ4v) is 6.45. The molecule has 0 saturated heterocycles. The highest BCUT2D eigenvalue weighted by Gasteiger charge is 2.34. The Bertz CT molecular complexity index is 748. The highest BCUT2D eigenvalue weighted by atomic mass is 32.1. The number of nitrogens with zero attached hydrogens (tertiary/aromatic N) is 3. The maximum atomic E-state index is 6.09. The summed E-state index contributed by atoms with van der Waals surface area (Å²) >= 11 is 14.2. The van der Waals surface area contributed by atoms with Crippen molar-refractivity contribution in [3.05, 3.63) is 29.8 Å². The monoisotopic (exact) mass is 463 g/mol. The van der Waals surface area contributed by atoms with Crippen LogP contribution in [0.1, 0.15) is 50.5 Å². The molecule has 29 heavy (non-hydrogen) atoms. The zero-order chi connectivity index (χ0) is 21.0. The summed E-state index contributed by atoms with van der Waals surface area (Å²) in [6.07, 6.45) is 5.45. The van der Waals surface area contributed by atoms with Gasteiger partial charge in [0.2, 0.25) is 0 Å². The number of rotatable bonds is 11. The van der Waals surface area contributed by atoms with Crippen molar-refractivity contribution in [2.24, 2.45) is 14.0 Å². The van der Waals surface area contributed by atoms with Crippen molar-refractivity contribution in [2.75, 3.05) is 13.2 Å². The van der Waals surface area contributed by atoms with Crippen molar-refractivity contribution in [3.63, 3.8) is 0 Å². The molecule has 154 valence electrons. The molecule has 0 spiro atoms. The third kappa shape index (κ3) is 7.74. The van der Waals surface area contributed by atoms with Crippen LogP contribution in [0.5, 0.6) is 5.75 Å². The normalized spacial score (nSPS) is 20.3. The minimum Gasteiger partial charge on any atom is -0.494 e. The quantitative estimate of drug-likeness (QED) is 0.181. The van der Waals surface area contributed by atoms with Crippen LogP contribution < -0.4 is 4.74 Å². The van der Waals surface area contributed by atoms with Crippen molar-refractivity contribution in [2.45, 2.75) is 57.1 Å². The fraction of sp³-hybridized carbons (Fsp3) is 0.550. The third-order valence-electron chi connectivity index (χ3n) is 5.02. The molecule has 0 radical (unpaired) electrons. The topological polar surface area (TPSA) is 55.5 Å². The van der Waals surface area contributed by atoms with Gasteiger partial charge < -0.3 is 9.47 Å². The summed E-state index contributed by atoms with van der Waals surface area (Å²) in [5.74, 6) is 1.53. The first-order chi connectivity index (χ1) is 14.2. The van der Waals surface area contributed by atoms with Gasteiger partial charge in [0.25, 0.3) is 0 Å². The molecule has 0 aliphatic heterocycles. The van der Waals surface area contributed by atoms with E-state index in [1.165, 1.54) is 5.56 Å². The Morgan fingerprint density at radius 1 is 0.966 bits per heavy atom. The second-order valence-electron chi connectivity index (χ2n) is 6.83. The highest BCUT2D eigenvalue weighted by Crippen LogP contribution is 2.34. The number of thiocarbonyl (C=S) groups is 3. The van der Waals surface area contributed by atoms with Gasteiger partial charge in [-0.2, -0.15) is 0 Å². The van der Waals surface area contributed by atoms with Crippen LogP contribution >= 0.6 is 36.7 Å². The Balaban J connectivity index is 1.77. The fourth-order valence-electron chi connectivity index (χ4n) is 3.59. The van der Waals surface area contributed by atoms with Crippen LogP contribution in [-0.4, -0.2) is 43.4 Å². The molecule has 1 aromatic rings. The van der Waals surface area contributed by atoms with Crippen LogP contribution in [-0.2, 0) is 4.74 Å². The van der Waals surface area contributed by atoms with Crippen molar-refractivity contribution < 1.29 is 9.47 Å². The van der Waals surface area contributed by atoms with E-state index < -0.39 is 8.56 Å². The molecule has 1 fully saturated rings. The number of hydrogen-bond donors (Lipinski definition) is 0. The maximum Gasteiger partial charge on any atom is 0.461 e. The molecular formula is C20H25N3O2S3Si. The van der Waals surface area contributed by atoms with Crippen LogP contribution in [0.2, 0.25) is 6.04 Å². The second-order valence-corrected chi connectivity index (χ2v) is 10.1. The molecule has 9 heteroatoms. The van der Waals surface area contributed by atoms with E-state index in [0.29, 0.717) is 31.3 Å². The zero-order valence-corrected chi connectivity index (χ0v) is 20.0. The van der Waals surface area contributed by atoms with E-state index in [4.69, 9.17) is 46.1 Å². The van der Waals surface area contributed by atoms with Crippen LogP contribution in [0.3, 0.4) is 0 Å². The van der Waals surface area contributed by atoms with Gasteiger partial charge in [0.1, 0.15) is 5.75 Å². The molecule has 0 atom stereocenters. The van der Waals surface area contributed by atoms with E-state index in [9.17, 15) is 0 Å². The lowest BCUT2D eigenvalue weighted by molar-refractivity contribution is 0.0250. The van der Waals surface area contributed by atoms with Crippen LogP contribution in [0.4, 0.5) is 0 Å². The molecular weight excluding hydrogens is 439 g/mol. The number of benzene rings is 1. The molecule has 2 rings (SSSR count). The van der Waals surface area contributed by atoms with E-state index >= 15 is 0 Å². The molecule has 0 N–H and O–H groups in total. The Labute approximate surface area is 189 Å². The molecule has 1 aliphatic rings. The maximum absolute atomic E-state index is 6.09. The van der Waals surface area contributed by atoms with Gasteiger partial charge in [-0.25, -0.2) is 14.0 Å².